The van der Waals surface area contributed by atoms with Crippen LogP contribution in [0.25, 0.3) is 0 Å². The molecule has 0 spiro atoms. The molecule has 1 aliphatic heterocycles. The van der Waals surface area contributed by atoms with Gasteiger partial charge in [-0.3, -0.25) is 9.89 Å². The van der Waals surface area contributed by atoms with E-state index in [0.717, 1.165) is 6.42 Å². The number of nitrogens with one attached hydrogen (secondary N) is 2. The van der Waals surface area contributed by atoms with E-state index < -0.39 is 5.60 Å². The summed E-state index contributed by atoms with van der Waals surface area (Å²) >= 11 is 0. The standard InChI is InChI=1S/C11H18N4O3/c1-7-8(12)9(15-14-7)10(16)13-5-11(17-2)3-4-18-6-11/h3-6,12H2,1-2H3,(H,13,16)(H,14,15). The number of carbonyl (C=O) groups is 1. The molecule has 1 saturated heterocycles. The molecule has 2 heterocycles. The molecule has 7 nitrogen and oxygen atoms in total. The zero-order valence-corrected chi connectivity index (χ0v) is 10.6. The minimum atomic E-state index is -0.435. The third kappa shape index (κ3) is 2.32. The van der Waals surface area contributed by atoms with Gasteiger partial charge in [0, 0.05) is 26.7 Å². The number of aromatic nitrogens is 2. The fraction of sp³-hybridized carbons (Fsp3) is 0.636. The first-order valence-electron chi connectivity index (χ1n) is 5.79. The number of hydrogen-bond donors (Lipinski definition) is 3. The lowest BCUT2D eigenvalue weighted by molar-refractivity contribution is -0.0149. The monoisotopic (exact) mass is 254 g/mol. The lowest BCUT2D eigenvalue weighted by atomic mass is 10.0. The van der Waals surface area contributed by atoms with Gasteiger partial charge in [0.25, 0.3) is 5.91 Å². The summed E-state index contributed by atoms with van der Waals surface area (Å²) in [5.74, 6) is -0.305. The molecule has 1 aromatic rings. The fourth-order valence-electron chi connectivity index (χ4n) is 1.90. The second-order valence-corrected chi connectivity index (χ2v) is 4.48. The number of nitrogens with two attached hydrogens (primary N) is 1. The van der Waals surface area contributed by atoms with E-state index in [0.29, 0.717) is 31.1 Å². The van der Waals surface area contributed by atoms with Gasteiger partial charge in [0.1, 0.15) is 5.60 Å². The molecular weight excluding hydrogens is 236 g/mol. The minimum Gasteiger partial charge on any atom is -0.395 e. The van der Waals surface area contributed by atoms with Crippen molar-refractivity contribution < 1.29 is 14.3 Å². The second kappa shape index (κ2) is 4.95. The van der Waals surface area contributed by atoms with Crippen molar-refractivity contribution in [3.63, 3.8) is 0 Å². The van der Waals surface area contributed by atoms with Crippen LogP contribution in [-0.4, -0.2) is 48.6 Å². The molecular formula is C11H18N4O3. The van der Waals surface area contributed by atoms with Gasteiger partial charge in [-0.15, -0.1) is 0 Å². The van der Waals surface area contributed by atoms with Crippen molar-refractivity contribution in [1.29, 1.82) is 0 Å². The van der Waals surface area contributed by atoms with Gasteiger partial charge in [-0.25, -0.2) is 0 Å². The molecule has 4 N–H and O–H groups in total. The lowest BCUT2D eigenvalue weighted by Crippen LogP contribution is -2.45. The number of carbonyl (C=O) groups excluding carboxylic acids is 1. The minimum absolute atomic E-state index is 0.220. The van der Waals surface area contributed by atoms with Crippen LogP contribution in [0.15, 0.2) is 0 Å². The van der Waals surface area contributed by atoms with Crippen molar-refractivity contribution in [2.75, 3.05) is 32.6 Å². The van der Waals surface area contributed by atoms with E-state index in [2.05, 4.69) is 15.5 Å². The average Bonchev–Trinajstić information content (AvgIpc) is 2.96. The Morgan fingerprint density at radius 3 is 3.00 bits per heavy atom. The maximum absolute atomic E-state index is 11.9. The number of hydrogen-bond acceptors (Lipinski definition) is 5. The number of anilines is 1. The largest absolute Gasteiger partial charge is 0.395 e. The van der Waals surface area contributed by atoms with Crippen LogP contribution in [0.2, 0.25) is 0 Å². The highest BCUT2D eigenvalue weighted by atomic mass is 16.5. The highest BCUT2D eigenvalue weighted by molar-refractivity contribution is 5.97. The Balaban J connectivity index is 1.98. The molecule has 100 valence electrons. The van der Waals surface area contributed by atoms with Crippen LogP contribution in [0.1, 0.15) is 22.6 Å². The van der Waals surface area contributed by atoms with E-state index >= 15 is 0 Å². The van der Waals surface area contributed by atoms with Crippen molar-refractivity contribution in [1.82, 2.24) is 15.5 Å². The smallest absolute Gasteiger partial charge is 0.274 e. The summed E-state index contributed by atoms with van der Waals surface area (Å²) in [7, 11) is 1.62. The predicted molar refractivity (Wildman–Crippen MR) is 65.2 cm³/mol. The van der Waals surface area contributed by atoms with E-state index in [4.69, 9.17) is 15.2 Å². The summed E-state index contributed by atoms with van der Waals surface area (Å²) in [6.07, 6.45) is 0.763. The molecule has 1 aliphatic rings. The number of amides is 1. The Labute approximate surface area is 105 Å². The summed E-state index contributed by atoms with van der Waals surface area (Å²) in [6, 6.07) is 0. The molecule has 0 radical (unpaired) electrons. The van der Waals surface area contributed by atoms with Gasteiger partial charge in [0.15, 0.2) is 5.69 Å². The van der Waals surface area contributed by atoms with Crippen LogP contribution in [0.5, 0.6) is 0 Å². The summed E-state index contributed by atoms with van der Waals surface area (Å²) < 4.78 is 10.7. The predicted octanol–water partition coefficient (Wildman–Crippen LogP) is -0.164. The zero-order chi connectivity index (χ0) is 13.2. The van der Waals surface area contributed by atoms with Crippen molar-refractivity contribution in [3.05, 3.63) is 11.4 Å². The Bertz CT molecular complexity index is 437. The summed E-state index contributed by atoms with van der Waals surface area (Å²) in [4.78, 5) is 11.9. The molecule has 1 amide bonds. The van der Waals surface area contributed by atoms with Gasteiger partial charge in [-0.1, -0.05) is 0 Å². The van der Waals surface area contributed by atoms with Gasteiger partial charge >= 0.3 is 0 Å². The number of nitrogen functional groups attached to an aromatic ring is 1. The molecule has 0 bridgehead atoms. The molecule has 2 rings (SSSR count). The number of aromatic amines is 1. The van der Waals surface area contributed by atoms with E-state index in [1.54, 1.807) is 14.0 Å². The number of H-pyrrole nitrogens is 1. The molecule has 0 aromatic carbocycles. The Morgan fingerprint density at radius 2 is 2.50 bits per heavy atom. The highest BCUT2D eigenvalue weighted by Gasteiger charge is 2.35. The van der Waals surface area contributed by atoms with Crippen LogP contribution >= 0.6 is 0 Å². The number of aryl methyl sites for hydroxylation is 1. The van der Waals surface area contributed by atoms with Crippen molar-refractivity contribution in [3.8, 4) is 0 Å². The van der Waals surface area contributed by atoms with Crippen molar-refractivity contribution >= 4 is 11.6 Å². The van der Waals surface area contributed by atoms with E-state index in [1.807, 2.05) is 0 Å². The quantitative estimate of drug-likeness (QED) is 0.692. The first kappa shape index (κ1) is 12.8. The van der Waals surface area contributed by atoms with Crippen molar-refractivity contribution in [2.45, 2.75) is 18.9 Å². The van der Waals surface area contributed by atoms with E-state index in [9.17, 15) is 4.79 Å². The maximum atomic E-state index is 11.9. The van der Waals surface area contributed by atoms with Crippen LogP contribution in [0.3, 0.4) is 0 Å². The average molecular weight is 254 g/mol. The molecule has 18 heavy (non-hydrogen) atoms. The fourth-order valence-corrected chi connectivity index (χ4v) is 1.90. The van der Waals surface area contributed by atoms with Gasteiger partial charge < -0.3 is 20.5 Å². The SMILES string of the molecule is COC1(CNC(=O)c2n[nH]c(C)c2N)CCOC1. The lowest BCUT2D eigenvalue weighted by Gasteiger charge is -2.25. The summed E-state index contributed by atoms with van der Waals surface area (Å²) in [6.45, 7) is 3.28. The second-order valence-electron chi connectivity index (χ2n) is 4.48. The van der Waals surface area contributed by atoms with Crippen LogP contribution in [-0.2, 0) is 9.47 Å². The summed E-state index contributed by atoms with van der Waals surface area (Å²) in [5, 5.41) is 9.33. The van der Waals surface area contributed by atoms with Gasteiger partial charge in [0.05, 0.1) is 18.0 Å². The Hall–Kier alpha value is -1.60. The molecule has 0 aliphatic carbocycles. The molecule has 1 fully saturated rings. The zero-order valence-electron chi connectivity index (χ0n) is 10.6. The molecule has 1 unspecified atom stereocenters. The van der Waals surface area contributed by atoms with Gasteiger partial charge in [-0.2, -0.15) is 5.10 Å². The maximum Gasteiger partial charge on any atom is 0.274 e. The van der Waals surface area contributed by atoms with Gasteiger partial charge in [-0.05, 0) is 6.92 Å². The van der Waals surface area contributed by atoms with Gasteiger partial charge in [0.2, 0.25) is 0 Å². The highest BCUT2D eigenvalue weighted by Crippen LogP contribution is 2.21. The third-order valence-electron chi connectivity index (χ3n) is 3.28. The Morgan fingerprint density at radius 1 is 1.72 bits per heavy atom. The number of methoxy groups -OCH3 is 1. The first-order valence-corrected chi connectivity index (χ1v) is 5.79. The number of rotatable bonds is 4. The Kier molecular flexibility index (Phi) is 3.53. The van der Waals surface area contributed by atoms with E-state index in [1.165, 1.54) is 0 Å². The summed E-state index contributed by atoms with van der Waals surface area (Å²) in [5.41, 5.74) is 6.59. The molecule has 1 aromatic heterocycles. The molecule has 7 heteroatoms. The number of nitrogens with zero attached hydrogens (tertiary/aromatic N) is 1. The molecule has 0 saturated carbocycles. The third-order valence-corrected chi connectivity index (χ3v) is 3.28. The normalized spacial score (nSPS) is 23.2. The number of ether oxygens (including phenoxy) is 2. The topological polar surface area (TPSA) is 102 Å². The first-order chi connectivity index (χ1) is 8.58. The van der Waals surface area contributed by atoms with Crippen LogP contribution < -0.4 is 11.1 Å². The van der Waals surface area contributed by atoms with Crippen LogP contribution in [0, 0.1) is 6.92 Å². The van der Waals surface area contributed by atoms with Crippen molar-refractivity contribution in [2.24, 2.45) is 0 Å². The molecule has 1 atom stereocenters. The van der Waals surface area contributed by atoms with E-state index in [-0.39, 0.29) is 11.6 Å². The van der Waals surface area contributed by atoms with Crippen LogP contribution in [0.4, 0.5) is 5.69 Å².